The molecule has 0 bridgehead atoms. The molecular weight excluding hydrogens is 254 g/mol. The minimum absolute atomic E-state index is 0.370. The van der Waals surface area contributed by atoms with Gasteiger partial charge in [-0.1, -0.05) is 13.8 Å². The third-order valence-corrected chi connectivity index (χ3v) is 3.74. The number of methoxy groups -OCH3 is 1. The van der Waals surface area contributed by atoms with Crippen LogP contribution in [-0.2, 0) is 0 Å². The van der Waals surface area contributed by atoms with Crippen molar-refractivity contribution in [2.75, 3.05) is 37.0 Å². The standard InChI is InChI=1S/C14H25N5O/c1-5-15-11-16-12(18-13(17-11)20-4)19-9-6-7-14(2,3)8-10-19/h5-10H2,1-4H3,(H,15,16,17,18). The molecule has 1 saturated heterocycles. The van der Waals surface area contributed by atoms with Gasteiger partial charge in [-0.15, -0.1) is 0 Å². The number of aromatic nitrogens is 3. The molecule has 0 spiro atoms. The maximum atomic E-state index is 5.18. The first-order valence-corrected chi connectivity index (χ1v) is 7.33. The molecule has 112 valence electrons. The van der Waals surface area contributed by atoms with Crippen LogP contribution in [0.25, 0.3) is 0 Å². The van der Waals surface area contributed by atoms with E-state index in [-0.39, 0.29) is 0 Å². The lowest BCUT2D eigenvalue weighted by Crippen LogP contribution is -2.27. The molecule has 1 fully saturated rings. The summed E-state index contributed by atoms with van der Waals surface area (Å²) in [7, 11) is 1.58. The van der Waals surface area contributed by atoms with Crippen molar-refractivity contribution in [2.24, 2.45) is 5.41 Å². The van der Waals surface area contributed by atoms with Crippen molar-refractivity contribution < 1.29 is 4.74 Å². The van der Waals surface area contributed by atoms with Gasteiger partial charge in [-0.2, -0.15) is 15.0 Å². The van der Waals surface area contributed by atoms with Crippen molar-refractivity contribution in [1.29, 1.82) is 0 Å². The molecule has 6 nitrogen and oxygen atoms in total. The van der Waals surface area contributed by atoms with Gasteiger partial charge in [0.15, 0.2) is 0 Å². The molecule has 1 aromatic heterocycles. The molecular formula is C14H25N5O. The molecule has 20 heavy (non-hydrogen) atoms. The van der Waals surface area contributed by atoms with Crippen LogP contribution >= 0.6 is 0 Å². The van der Waals surface area contributed by atoms with Crippen molar-refractivity contribution in [3.05, 3.63) is 0 Å². The van der Waals surface area contributed by atoms with Crippen LogP contribution in [0.15, 0.2) is 0 Å². The lowest BCUT2D eigenvalue weighted by Gasteiger charge is -2.23. The van der Waals surface area contributed by atoms with Gasteiger partial charge in [-0.25, -0.2) is 0 Å². The van der Waals surface area contributed by atoms with Gasteiger partial charge in [0.05, 0.1) is 7.11 Å². The molecule has 2 rings (SSSR count). The van der Waals surface area contributed by atoms with Crippen molar-refractivity contribution in [3.8, 4) is 6.01 Å². The first-order valence-electron chi connectivity index (χ1n) is 7.33. The minimum Gasteiger partial charge on any atom is -0.467 e. The van der Waals surface area contributed by atoms with Crippen LogP contribution in [0.1, 0.15) is 40.0 Å². The van der Waals surface area contributed by atoms with Gasteiger partial charge in [0.1, 0.15) is 0 Å². The van der Waals surface area contributed by atoms with E-state index in [4.69, 9.17) is 4.74 Å². The molecule has 1 aliphatic rings. The predicted octanol–water partition coefficient (Wildman–Crippen LogP) is 2.33. The van der Waals surface area contributed by atoms with E-state index in [1.165, 1.54) is 6.42 Å². The Labute approximate surface area is 121 Å². The summed E-state index contributed by atoms with van der Waals surface area (Å²) in [5.74, 6) is 1.29. The highest BCUT2D eigenvalue weighted by Gasteiger charge is 2.24. The van der Waals surface area contributed by atoms with E-state index in [2.05, 4.69) is 39.0 Å². The van der Waals surface area contributed by atoms with E-state index in [1.54, 1.807) is 7.11 Å². The Balaban J connectivity index is 2.20. The van der Waals surface area contributed by atoms with E-state index in [1.807, 2.05) is 6.92 Å². The fraction of sp³-hybridized carbons (Fsp3) is 0.786. The molecule has 1 N–H and O–H groups in total. The average Bonchev–Trinajstić information content (AvgIpc) is 2.59. The quantitative estimate of drug-likeness (QED) is 0.912. The topological polar surface area (TPSA) is 63.2 Å². The third-order valence-electron chi connectivity index (χ3n) is 3.74. The Morgan fingerprint density at radius 3 is 2.70 bits per heavy atom. The van der Waals surface area contributed by atoms with E-state index < -0.39 is 0 Å². The fourth-order valence-electron chi connectivity index (χ4n) is 2.44. The highest BCUT2D eigenvalue weighted by molar-refractivity contribution is 5.38. The maximum absolute atomic E-state index is 5.18. The summed E-state index contributed by atoms with van der Waals surface area (Å²) >= 11 is 0. The van der Waals surface area contributed by atoms with Crippen LogP contribution in [0, 0.1) is 5.41 Å². The SMILES string of the molecule is CCNc1nc(OC)nc(N2CCCC(C)(C)CC2)n1. The van der Waals surface area contributed by atoms with Crippen molar-refractivity contribution in [1.82, 2.24) is 15.0 Å². The Morgan fingerprint density at radius 2 is 2.00 bits per heavy atom. The Hall–Kier alpha value is -1.59. The molecule has 0 unspecified atom stereocenters. The van der Waals surface area contributed by atoms with E-state index in [0.717, 1.165) is 32.5 Å². The van der Waals surface area contributed by atoms with E-state index >= 15 is 0 Å². The summed E-state index contributed by atoms with van der Waals surface area (Å²) in [6, 6.07) is 0.370. The number of ether oxygens (including phenoxy) is 1. The largest absolute Gasteiger partial charge is 0.467 e. The van der Waals surface area contributed by atoms with Crippen LogP contribution in [0.3, 0.4) is 0 Å². The number of hydrogen-bond donors (Lipinski definition) is 1. The Morgan fingerprint density at radius 1 is 1.20 bits per heavy atom. The van der Waals surface area contributed by atoms with Crippen LogP contribution in [0.4, 0.5) is 11.9 Å². The van der Waals surface area contributed by atoms with Crippen molar-refractivity contribution in [2.45, 2.75) is 40.0 Å². The van der Waals surface area contributed by atoms with Gasteiger partial charge in [-0.05, 0) is 31.6 Å². The molecule has 6 heteroatoms. The van der Waals surface area contributed by atoms with Crippen molar-refractivity contribution >= 4 is 11.9 Å². The lowest BCUT2D eigenvalue weighted by molar-refractivity contribution is 0.325. The van der Waals surface area contributed by atoms with Gasteiger partial charge in [0.2, 0.25) is 11.9 Å². The summed E-state index contributed by atoms with van der Waals surface area (Å²) in [6.07, 6.45) is 3.56. The summed E-state index contributed by atoms with van der Waals surface area (Å²) in [4.78, 5) is 15.3. The number of hydrogen-bond acceptors (Lipinski definition) is 6. The van der Waals surface area contributed by atoms with Gasteiger partial charge in [0.25, 0.3) is 0 Å². The maximum Gasteiger partial charge on any atom is 0.322 e. The highest BCUT2D eigenvalue weighted by Crippen LogP contribution is 2.31. The zero-order valence-electron chi connectivity index (χ0n) is 12.9. The molecule has 0 aromatic carbocycles. The number of rotatable bonds is 4. The monoisotopic (exact) mass is 279 g/mol. The van der Waals surface area contributed by atoms with Crippen LogP contribution in [-0.4, -0.2) is 41.7 Å². The Kier molecular flexibility index (Phi) is 4.62. The molecule has 0 radical (unpaired) electrons. The van der Waals surface area contributed by atoms with Crippen LogP contribution in [0.2, 0.25) is 0 Å². The predicted molar refractivity (Wildman–Crippen MR) is 80.4 cm³/mol. The first kappa shape index (κ1) is 14.8. The number of nitrogens with zero attached hydrogens (tertiary/aromatic N) is 4. The van der Waals surface area contributed by atoms with Crippen LogP contribution < -0.4 is 15.0 Å². The number of nitrogens with one attached hydrogen (secondary N) is 1. The highest BCUT2D eigenvalue weighted by atomic mass is 16.5. The zero-order chi connectivity index (χ0) is 14.6. The molecule has 1 aromatic rings. The second-order valence-corrected chi connectivity index (χ2v) is 5.98. The van der Waals surface area contributed by atoms with E-state index in [0.29, 0.717) is 23.3 Å². The van der Waals surface area contributed by atoms with Gasteiger partial charge in [0, 0.05) is 19.6 Å². The summed E-state index contributed by atoms with van der Waals surface area (Å²) in [5.41, 5.74) is 0.399. The molecule has 0 aliphatic carbocycles. The normalized spacial score (nSPS) is 18.5. The Bertz CT molecular complexity index is 449. The molecule has 1 aliphatic heterocycles. The lowest BCUT2D eigenvalue weighted by atomic mass is 9.85. The summed E-state index contributed by atoms with van der Waals surface area (Å²) in [5, 5.41) is 3.12. The molecule has 0 amide bonds. The van der Waals surface area contributed by atoms with Gasteiger partial charge < -0.3 is 15.0 Å². The van der Waals surface area contributed by atoms with Crippen LogP contribution in [0.5, 0.6) is 6.01 Å². The third kappa shape index (κ3) is 3.71. The molecule has 0 atom stereocenters. The summed E-state index contributed by atoms with van der Waals surface area (Å²) in [6.45, 7) is 9.42. The van der Waals surface area contributed by atoms with Gasteiger partial charge in [-0.3, -0.25) is 0 Å². The first-order chi connectivity index (χ1) is 9.54. The fourth-order valence-corrected chi connectivity index (χ4v) is 2.44. The summed E-state index contributed by atoms with van der Waals surface area (Å²) < 4.78 is 5.18. The minimum atomic E-state index is 0.370. The van der Waals surface area contributed by atoms with Crippen molar-refractivity contribution in [3.63, 3.8) is 0 Å². The molecule has 0 saturated carbocycles. The zero-order valence-corrected chi connectivity index (χ0v) is 12.9. The smallest absolute Gasteiger partial charge is 0.322 e. The van der Waals surface area contributed by atoms with Gasteiger partial charge >= 0.3 is 6.01 Å². The molecule has 2 heterocycles. The number of anilines is 2. The average molecular weight is 279 g/mol. The second kappa shape index (κ2) is 6.24. The second-order valence-electron chi connectivity index (χ2n) is 5.98. The van der Waals surface area contributed by atoms with E-state index in [9.17, 15) is 0 Å².